The first-order valence-electron chi connectivity index (χ1n) is 6.39. The van der Waals surface area contributed by atoms with Gasteiger partial charge in [-0.15, -0.1) is 0 Å². The average Bonchev–Trinajstić information content (AvgIpc) is 2.76. The van der Waals surface area contributed by atoms with Gasteiger partial charge in [-0.25, -0.2) is 0 Å². The molecule has 1 rings (SSSR count). The second-order valence-corrected chi connectivity index (χ2v) is 4.27. The second-order valence-electron chi connectivity index (χ2n) is 4.27. The van der Waals surface area contributed by atoms with Crippen molar-refractivity contribution < 1.29 is 1.43 Å². The topological polar surface area (TPSA) is 36.8 Å². The standard InChI is InChI=1S/C17H21N3.H2/c1-6-9-13(4)11-19-17-14(10-7-2)15(12-18-5)16(8-3)20-17;/h6-10,12H,1-3,11H2,4-5H3,(H,19,20);1H/b13-9+,14-10-,18-12?;. The molecule has 0 bridgehead atoms. The molecule has 0 aromatic rings. The van der Waals surface area contributed by atoms with Gasteiger partial charge in [0.05, 0.1) is 6.54 Å². The molecule has 3 heteroatoms. The molecule has 0 aliphatic carbocycles. The van der Waals surface area contributed by atoms with Crippen molar-refractivity contribution in [2.45, 2.75) is 6.92 Å². The summed E-state index contributed by atoms with van der Waals surface area (Å²) in [4.78, 5) is 8.68. The van der Waals surface area contributed by atoms with Crippen molar-refractivity contribution in [2.24, 2.45) is 9.98 Å². The van der Waals surface area contributed by atoms with Crippen molar-refractivity contribution in [3.05, 3.63) is 72.5 Å². The van der Waals surface area contributed by atoms with E-state index in [0.29, 0.717) is 6.54 Å². The van der Waals surface area contributed by atoms with Gasteiger partial charge in [-0.1, -0.05) is 49.6 Å². The Hall–Kier alpha value is -2.42. The van der Waals surface area contributed by atoms with Crippen LogP contribution in [-0.4, -0.2) is 25.6 Å². The summed E-state index contributed by atoms with van der Waals surface area (Å²) in [5.74, 6) is 0.812. The highest BCUT2D eigenvalue weighted by atomic mass is 15.0. The van der Waals surface area contributed by atoms with E-state index in [1.165, 1.54) is 0 Å². The van der Waals surface area contributed by atoms with E-state index in [9.17, 15) is 0 Å². The van der Waals surface area contributed by atoms with E-state index in [-0.39, 0.29) is 1.43 Å². The number of rotatable bonds is 6. The van der Waals surface area contributed by atoms with Gasteiger partial charge >= 0.3 is 0 Å². The van der Waals surface area contributed by atoms with Gasteiger partial charge in [0.15, 0.2) is 0 Å². The Bertz CT molecular complexity index is 561. The van der Waals surface area contributed by atoms with Crippen LogP contribution in [0.25, 0.3) is 0 Å². The molecule has 1 aliphatic heterocycles. The van der Waals surface area contributed by atoms with Crippen molar-refractivity contribution in [3.8, 4) is 0 Å². The molecule has 106 valence electrons. The van der Waals surface area contributed by atoms with Gasteiger partial charge in [0.1, 0.15) is 5.84 Å². The van der Waals surface area contributed by atoms with E-state index in [1.54, 1.807) is 31.5 Å². The Morgan fingerprint density at radius 2 is 2.05 bits per heavy atom. The van der Waals surface area contributed by atoms with Crippen molar-refractivity contribution in [3.63, 3.8) is 0 Å². The minimum atomic E-state index is 0. The Morgan fingerprint density at radius 1 is 1.30 bits per heavy atom. The van der Waals surface area contributed by atoms with Crippen LogP contribution in [0.2, 0.25) is 0 Å². The number of nitrogens with zero attached hydrogens (tertiary/aromatic N) is 2. The molecule has 0 saturated heterocycles. The summed E-state index contributed by atoms with van der Waals surface area (Å²) in [6, 6.07) is 0. The highest BCUT2D eigenvalue weighted by Gasteiger charge is 2.21. The number of hydrogen-bond acceptors (Lipinski definition) is 2. The fraction of sp³-hybridized carbons (Fsp3) is 0.176. The normalized spacial score (nSPS) is 19.8. The lowest BCUT2D eigenvalue weighted by Crippen LogP contribution is -2.17. The lowest BCUT2D eigenvalue weighted by atomic mass is 10.1. The smallest absolute Gasteiger partial charge is 0.133 e. The van der Waals surface area contributed by atoms with E-state index in [4.69, 9.17) is 0 Å². The quantitative estimate of drug-likeness (QED) is 0.580. The van der Waals surface area contributed by atoms with Crippen LogP contribution in [-0.2, 0) is 0 Å². The minimum absolute atomic E-state index is 0. The summed E-state index contributed by atoms with van der Waals surface area (Å²) >= 11 is 0. The predicted molar refractivity (Wildman–Crippen MR) is 91.4 cm³/mol. The summed E-state index contributed by atoms with van der Waals surface area (Å²) in [5, 5.41) is 3.26. The summed E-state index contributed by atoms with van der Waals surface area (Å²) in [6.45, 7) is 13.9. The SMILES string of the molecule is C=C/C=C1\C(=NC/C(C)=C/C=C)NC(C=C)=C1C=NC.[HH]. The monoisotopic (exact) mass is 269 g/mol. The summed E-state index contributed by atoms with van der Waals surface area (Å²) < 4.78 is 0. The first-order chi connectivity index (χ1) is 9.67. The minimum Gasteiger partial charge on any atom is -0.339 e. The van der Waals surface area contributed by atoms with Crippen LogP contribution in [0.4, 0.5) is 0 Å². The van der Waals surface area contributed by atoms with Crippen molar-refractivity contribution in [1.29, 1.82) is 0 Å². The van der Waals surface area contributed by atoms with Crippen LogP contribution in [0.1, 0.15) is 8.35 Å². The van der Waals surface area contributed by atoms with Gasteiger partial charge in [0, 0.05) is 31.5 Å². The van der Waals surface area contributed by atoms with Crippen molar-refractivity contribution >= 4 is 12.1 Å². The zero-order valence-electron chi connectivity index (χ0n) is 12.2. The van der Waals surface area contributed by atoms with Crippen LogP contribution < -0.4 is 5.32 Å². The number of amidine groups is 1. The molecule has 1 N–H and O–H groups in total. The molecule has 0 aromatic carbocycles. The molecule has 0 amide bonds. The van der Waals surface area contributed by atoms with Crippen LogP contribution in [0.15, 0.2) is 82.5 Å². The fourth-order valence-electron chi connectivity index (χ4n) is 1.83. The third kappa shape index (κ3) is 3.79. The lowest BCUT2D eigenvalue weighted by molar-refractivity contribution is 1.10. The maximum Gasteiger partial charge on any atom is 0.133 e. The molecule has 0 unspecified atom stereocenters. The zero-order chi connectivity index (χ0) is 15.0. The molecule has 0 radical (unpaired) electrons. The van der Waals surface area contributed by atoms with Crippen molar-refractivity contribution in [2.75, 3.05) is 13.6 Å². The zero-order valence-corrected chi connectivity index (χ0v) is 12.2. The Morgan fingerprint density at radius 3 is 2.60 bits per heavy atom. The van der Waals surface area contributed by atoms with Gasteiger partial charge < -0.3 is 5.32 Å². The Labute approximate surface area is 122 Å². The van der Waals surface area contributed by atoms with E-state index in [0.717, 1.165) is 28.3 Å². The number of nitrogens with one attached hydrogen (secondary N) is 1. The van der Waals surface area contributed by atoms with Crippen LogP contribution in [0.5, 0.6) is 0 Å². The van der Waals surface area contributed by atoms with Gasteiger partial charge in [0.25, 0.3) is 0 Å². The number of hydrogen-bond donors (Lipinski definition) is 1. The maximum atomic E-state index is 4.59. The molecule has 1 aliphatic rings. The third-order valence-electron chi connectivity index (χ3n) is 2.72. The van der Waals surface area contributed by atoms with Crippen molar-refractivity contribution in [1.82, 2.24) is 5.32 Å². The second kappa shape index (κ2) is 7.89. The van der Waals surface area contributed by atoms with Crippen LogP contribution in [0, 0.1) is 0 Å². The molecular formula is C17H23N3. The third-order valence-corrected chi connectivity index (χ3v) is 2.72. The summed E-state index contributed by atoms with van der Waals surface area (Å²) in [7, 11) is 1.74. The largest absolute Gasteiger partial charge is 0.339 e. The maximum absolute atomic E-state index is 4.59. The Balaban J connectivity index is 0.00000400. The molecule has 0 atom stereocenters. The van der Waals surface area contributed by atoms with Gasteiger partial charge in [-0.3, -0.25) is 9.98 Å². The Kier molecular flexibility index (Phi) is 6.17. The van der Waals surface area contributed by atoms with E-state index in [1.807, 2.05) is 19.1 Å². The fourth-order valence-corrected chi connectivity index (χ4v) is 1.83. The van der Waals surface area contributed by atoms with E-state index >= 15 is 0 Å². The van der Waals surface area contributed by atoms with Crippen LogP contribution >= 0.6 is 0 Å². The molecule has 0 saturated carbocycles. The predicted octanol–water partition coefficient (Wildman–Crippen LogP) is 3.62. The van der Waals surface area contributed by atoms with Gasteiger partial charge in [-0.2, -0.15) is 0 Å². The number of allylic oxidation sites excluding steroid dienone is 5. The number of aliphatic imine (C=N–C) groups is 2. The highest BCUT2D eigenvalue weighted by Crippen LogP contribution is 2.21. The molecular weight excluding hydrogens is 246 g/mol. The average molecular weight is 269 g/mol. The summed E-state index contributed by atoms with van der Waals surface area (Å²) in [5.41, 5.74) is 4.01. The van der Waals surface area contributed by atoms with Crippen LogP contribution in [0.3, 0.4) is 0 Å². The molecule has 0 fully saturated rings. The first kappa shape index (κ1) is 15.6. The first-order valence-corrected chi connectivity index (χ1v) is 6.39. The molecule has 3 nitrogen and oxygen atoms in total. The highest BCUT2D eigenvalue weighted by molar-refractivity contribution is 6.14. The van der Waals surface area contributed by atoms with Gasteiger partial charge in [0.2, 0.25) is 0 Å². The van der Waals surface area contributed by atoms with E-state index < -0.39 is 0 Å². The lowest BCUT2D eigenvalue weighted by Gasteiger charge is -2.03. The van der Waals surface area contributed by atoms with E-state index in [2.05, 4.69) is 35.0 Å². The molecule has 20 heavy (non-hydrogen) atoms. The molecule has 1 heterocycles. The molecule has 0 aromatic heterocycles. The van der Waals surface area contributed by atoms with Gasteiger partial charge in [-0.05, 0) is 13.0 Å². The molecule has 0 spiro atoms. The summed E-state index contributed by atoms with van der Waals surface area (Å²) in [6.07, 6.45) is 10.9.